The van der Waals surface area contributed by atoms with Crippen LogP contribution in [0, 0.1) is 6.92 Å². The third-order valence-corrected chi connectivity index (χ3v) is 6.30. The minimum atomic E-state index is 0.0354. The van der Waals surface area contributed by atoms with Crippen LogP contribution in [-0.4, -0.2) is 32.7 Å². The average molecular weight is 390 g/mol. The fourth-order valence-corrected chi connectivity index (χ4v) is 4.73. The van der Waals surface area contributed by atoms with Gasteiger partial charge in [0.05, 0.1) is 24.1 Å². The van der Waals surface area contributed by atoms with Gasteiger partial charge in [-0.05, 0) is 36.1 Å². The third kappa shape index (κ3) is 2.62. The van der Waals surface area contributed by atoms with Crippen LogP contribution in [-0.2, 0) is 6.42 Å². The minimum absolute atomic E-state index is 0.0354. The molecular weight excluding hydrogens is 372 g/mol. The molecule has 0 spiro atoms. The number of thiophene rings is 1. The molecule has 7 heteroatoms. The minimum Gasteiger partial charge on any atom is -0.497 e. The topological polar surface area (TPSA) is 69.4 Å². The first kappa shape index (κ1) is 17.1. The van der Waals surface area contributed by atoms with Gasteiger partial charge in [-0.1, -0.05) is 18.2 Å². The number of ketones is 1. The van der Waals surface area contributed by atoms with Gasteiger partial charge in [0.15, 0.2) is 17.1 Å². The van der Waals surface area contributed by atoms with Crippen molar-refractivity contribution in [3.8, 4) is 16.9 Å². The Bertz CT molecular complexity index is 1180. The van der Waals surface area contributed by atoms with E-state index in [1.54, 1.807) is 18.4 Å². The molecule has 1 aromatic carbocycles. The van der Waals surface area contributed by atoms with E-state index in [1.807, 2.05) is 41.8 Å². The van der Waals surface area contributed by atoms with E-state index in [1.165, 1.54) is 4.88 Å². The van der Waals surface area contributed by atoms with Gasteiger partial charge in [-0.25, -0.2) is 4.52 Å². The van der Waals surface area contributed by atoms with Gasteiger partial charge in [0, 0.05) is 23.6 Å². The first-order valence-corrected chi connectivity index (χ1v) is 9.99. The molecule has 0 radical (unpaired) electrons. The summed E-state index contributed by atoms with van der Waals surface area (Å²) in [6.07, 6.45) is 1.20. The molecule has 28 heavy (non-hydrogen) atoms. The van der Waals surface area contributed by atoms with E-state index in [9.17, 15) is 4.79 Å². The molecule has 0 amide bonds. The lowest BCUT2D eigenvalue weighted by Gasteiger charge is -2.21. The summed E-state index contributed by atoms with van der Waals surface area (Å²) in [4.78, 5) is 13.9. The Morgan fingerprint density at radius 2 is 1.96 bits per heavy atom. The standard InChI is InChI=1S/C21H18N4O2S/c1-12-19(13-5-7-15(27-2)8-6-13)21-23-22-20-16(25(21)24-12)10-14(11-17(20)26)18-4-3-9-28-18/h3-9,14H,10-11H2,1-2H3. The molecular formula is C21H18N4O2S. The summed E-state index contributed by atoms with van der Waals surface area (Å²) in [6, 6.07) is 11.9. The van der Waals surface area contributed by atoms with Crippen LogP contribution in [0.4, 0.5) is 0 Å². The predicted molar refractivity (Wildman–Crippen MR) is 107 cm³/mol. The number of benzene rings is 1. The molecule has 0 bridgehead atoms. The van der Waals surface area contributed by atoms with Crippen molar-refractivity contribution in [2.45, 2.75) is 25.7 Å². The summed E-state index contributed by atoms with van der Waals surface area (Å²) in [5.74, 6) is 1.00. The Kier molecular flexibility index (Phi) is 3.98. The van der Waals surface area contributed by atoms with Gasteiger partial charge in [-0.15, -0.1) is 21.5 Å². The lowest BCUT2D eigenvalue weighted by Crippen LogP contribution is -2.23. The summed E-state index contributed by atoms with van der Waals surface area (Å²) >= 11 is 1.69. The number of carbonyl (C=O) groups excluding carboxylic acids is 1. The molecule has 3 heterocycles. The second-order valence-electron chi connectivity index (χ2n) is 6.96. The zero-order chi connectivity index (χ0) is 19.3. The van der Waals surface area contributed by atoms with Crippen LogP contribution in [0.25, 0.3) is 16.8 Å². The van der Waals surface area contributed by atoms with Crippen molar-refractivity contribution in [1.82, 2.24) is 19.8 Å². The van der Waals surface area contributed by atoms with Gasteiger partial charge in [-0.2, -0.15) is 5.10 Å². The maximum absolute atomic E-state index is 12.7. The summed E-state index contributed by atoms with van der Waals surface area (Å²) in [7, 11) is 1.65. The monoisotopic (exact) mass is 390 g/mol. The largest absolute Gasteiger partial charge is 0.497 e. The molecule has 1 aliphatic rings. The van der Waals surface area contributed by atoms with Crippen molar-refractivity contribution in [1.29, 1.82) is 0 Å². The average Bonchev–Trinajstić information content (AvgIpc) is 3.35. The Morgan fingerprint density at radius 1 is 1.14 bits per heavy atom. The molecule has 0 aliphatic heterocycles. The van der Waals surface area contributed by atoms with Crippen LogP contribution in [0.3, 0.4) is 0 Å². The van der Waals surface area contributed by atoms with Crippen molar-refractivity contribution >= 4 is 22.8 Å². The molecule has 0 N–H and O–H groups in total. The maximum atomic E-state index is 12.7. The molecule has 0 saturated heterocycles. The van der Waals surface area contributed by atoms with Crippen LogP contribution < -0.4 is 4.74 Å². The lowest BCUT2D eigenvalue weighted by atomic mass is 9.87. The first-order valence-electron chi connectivity index (χ1n) is 9.11. The normalized spacial score (nSPS) is 16.4. The van der Waals surface area contributed by atoms with E-state index in [0.717, 1.165) is 34.7 Å². The third-order valence-electron chi connectivity index (χ3n) is 5.27. The Morgan fingerprint density at radius 3 is 2.68 bits per heavy atom. The number of aromatic nitrogens is 4. The van der Waals surface area contributed by atoms with E-state index in [2.05, 4.69) is 21.6 Å². The number of ether oxygens (including phenoxy) is 1. The number of aryl methyl sites for hydroxylation is 1. The van der Waals surface area contributed by atoms with E-state index >= 15 is 0 Å². The van der Waals surface area contributed by atoms with Crippen LogP contribution >= 0.6 is 11.3 Å². The zero-order valence-electron chi connectivity index (χ0n) is 15.5. The van der Waals surface area contributed by atoms with Crippen LogP contribution in [0.2, 0.25) is 0 Å². The molecule has 140 valence electrons. The molecule has 1 atom stereocenters. The van der Waals surface area contributed by atoms with Crippen molar-refractivity contribution in [2.75, 3.05) is 7.11 Å². The number of methoxy groups -OCH3 is 1. The van der Waals surface area contributed by atoms with Crippen molar-refractivity contribution in [3.05, 3.63) is 63.7 Å². The van der Waals surface area contributed by atoms with Gasteiger partial charge in [-0.3, -0.25) is 4.79 Å². The Labute approximate surface area is 165 Å². The molecule has 0 saturated carbocycles. The molecule has 5 rings (SSSR count). The zero-order valence-corrected chi connectivity index (χ0v) is 16.4. The molecule has 6 nitrogen and oxygen atoms in total. The van der Waals surface area contributed by atoms with Crippen molar-refractivity contribution in [2.24, 2.45) is 0 Å². The number of rotatable bonds is 3. The summed E-state index contributed by atoms with van der Waals surface area (Å²) < 4.78 is 7.07. The van der Waals surface area contributed by atoms with Crippen LogP contribution in [0.15, 0.2) is 41.8 Å². The van der Waals surface area contributed by atoms with Gasteiger partial charge in [0.2, 0.25) is 0 Å². The van der Waals surface area contributed by atoms with Crippen molar-refractivity contribution < 1.29 is 9.53 Å². The van der Waals surface area contributed by atoms with Crippen LogP contribution in [0.5, 0.6) is 5.75 Å². The molecule has 1 unspecified atom stereocenters. The highest BCUT2D eigenvalue weighted by atomic mass is 32.1. The second-order valence-corrected chi connectivity index (χ2v) is 7.94. The van der Waals surface area contributed by atoms with Gasteiger partial charge in [0.25, 0.3) is 0 Å². The molecule has 3 aromatic heterocycles. The number of nitrogens with zero attached hydrogens (tertiary/aromatic N) is 4. The quantitative estimate of drug-likeness (QED) is 0.527. The summed E-state index contributed by atoms with van der Waals surface area (Å²) in [5, 5.41) is 15.4. The summed E-state index contributed by atoms with van der Waals surface area (Å²) in [6.45, 7) is 1.96. The lowest BCUT2D eigenvalue weighted by molar-refractivity contribution is 0.0956. The van der Waals surface area contributed by atoms with E-state index in [0.29, 0.717) is 17.8 Å². The highest BCUT2D eigenvalue weighted by Gasteiger charge is 2.31. The Hall–Kier alpha value is -3.06. The highest BCUT2D eigenvalue weighted by Crippen LogP contribution is 2.36. The first-order chi connectivity index (χ1) is 13.7. The maximum Gasteiger partial charge on any atom is 0.185 e. The number of hydrogen-bond acceptors (Lipinski definition) is 6. The van der Waals surface area contributed by atoms with Crippen LogP contribution in [0.1, 0.15) is 39.1 Å². The number of fused-ring (bicyclic) bond motifs is 3. The number of hydrogen-bond donors (Lipinski definition) is 0. The van der Waals surface area contributed by atoms with Gasteiger partial charge >= 0.3 is 0 Å². The molecule has 1 aliphatic carbocycles. The van der Waals surface area contributed by atoms with E-state index < -0.39 is 0 Å². The van der Waals surface area contributed by atoms with Gasteiger partial charge in [0.1, 0.15) is 5.75 Å². The second kappa shape index (κ2) is 6.53. The number of Topliss-reactive ketones (excluding diaryl/α,β-unsaturated/α-hetero) is 1. The fraction of sp³-hybridized carbons (Fsp3) is 0.238. The highest BCUT2D eigenvalue weighted by molar-refractivity contribution is 7.10. The smallest absolute Gasteiger partial charge is 0.185 e. The summed E-state index contributed by atoms with van der Waals surface area (Å²) in [5.41, 5.74) is 4.77. The van der Waals surface area contributed by atoms with Gasteiger partial charge < -0.3 is 4.74 Å². The fourth-order valence-electron chi connectivity index (χ4n) is 3.90. The predicted octanol–water partition coefficient (Wildman–Crippen LogP) is 4.08. The molecule has 4 aromatic rings. The van der Waals surface area contributed by atoms with E-state index in [4.69, 9.17) is 9.84 Å². The van der Waals surface area contributed by atoms with Crippen molar-refractivity contribution in [3.63, 3.8) is 0 Å². The Balaban J connectivity index is 1.66. The molecule has 0 fully saturated rings. The SMILES string of the molecule is COc1ccc(-c2c(C)nn3c4c(nnc23)C(=O)CC(c2cccs2)C4)cc1. The number of carbonyl (C=O) groups is 1. The van der Waals surface area contributed by atoms with E-state index in [-0.39, 0.29) is 11.7 Å².